The molecule has 2 atom stereocenters. The van der Waals surface area contributed by atoms with Crippen LogP contribution in [0.15, 0.2) is 17.5 Å². The van der Waals surface area contributed by atoms with Crippen molar-refractivity contribution in [3.05, 3.63) is 22.4 Å². The van der Waals surface area contributed by atoms with Crippen molar-refractivity contribution in [1.82, 2.24) is 10.2 Å². The van der Waals surface area contributed by atoms with Gasteiger partial charge in [-0.2, -0.15) is 0 Å². The normalized spacial score (nSPS) is 23.1. The van der Waals surface area contributed by atoms with Crippen LogP contribution in [0.4, 0.5) is 0 Å². The number of likely N-dealkylation sites (N-methyl/N-ethyl adjacent to an activating group) is 1. The summed E-state index contributed by atoms with van der Waals surface area (Å²) in [5.41, 5.74) is 0. The summed E-state index contributed by atoms with van der Waals surface area (Å²) in [5, 5.41) is 5.55. The number of hydrogen-bond acceptors (Lipinski definition) is 4. The maximum Gasteiger partial charge on any atom is 0.0707 e. The molecule has 2 heterocycles. The molecule has 1 saturated heterocycles. The second-order valence-electron chi connectivity index (χ2n) is 5.87. The van der Waals surface area contributed by atoms with Gasteiger partial charge in [-0.15, -0.1) is 11.3 Å². The molecule has 1 aliphatic heterocycles. The van der Waals surface area contributed by atoms with E-state index in [1.54, 1.807) is 0 Å². The van der Waals surface area contributed by atoms with Crippen molar-refractivity contribution >= 4 is 11.3 Å². The Morgan fingerprint density at radius 2 is 2.20 bits per heavy atom. The minimum atomic E-state index is 0.404. The van der Waals surface area contributed by atoms with Crippen molar-refractivity contribution in [3.63, 3.8) is 0 Å². The van der Waals surface area contributed by atoms with E-state index >= 15 is 0 Å². The van der Waals surface area contributed by atoms with Gasteiger partial charge < -0.3 is 10.1 Å². The number of hydrogen-bond donors (Lipinski definition) is 1. The molecule has 0 aromatic carbocycles. The van der Waals surface area contributed by atoms with Gasteiger partial charge in [-0.05, 0) is 44.7 Å². The lowest BCUT2D eigenvalue weighted by atomic mass is 10.1. The van der Waals surface area contributed by atoms with E-state index in [-0.39, 0.29) is 0 Å². The lowest BCUT2D eigenvalue weighted by molar-refractivity contribution is 0.0158. The Balaban J connectivity index is 1.80. The number of rotatable bonds is 8. The van der Waals surface area contributed by atoms with Crippen LogP contribution in [-0.2, 0) is 11.3 Å². The molecular weight excluding hydrogens is 268 g/mol. The maximum absolute atomic E-state index is 6.16. The summed E-state index contributed by atoms with van der Waals surface area (Å²) in [6.45, 7) is 10.8. The lowest BCUT2D eigenvalue weighted by Gasteiger charge is -2.28. The SMILES string of the molecule is CCNCC1CCC(CN(Cc2cccs2)C(C)C)O1. The molecule has 20 heavy (non-hydrogen) atoms. The number of ether oxygens (including phenoxy) is 1. The number of thiophene rings is 1. The van der Waals surface area contributed by atoms with E-state index in [9.17, 15) is 0 Å². The topological polar surface area (TPSA) is 24.5 Å². The number of nitrogens with one attached hydrogen (secondary N) is 1. The van der Waals surface area contributed by atoms with Gasteiger partial charge in [0.2, 0.25) is 0 Å². The van der Waals surface area contributed by atoms with E-state index < -0.39 is 0 Å². The molecule has 0 spiro atoms. The van der Waals surface area contributed by atoms with Gasteiger partial charge in [-0.1, -0.05) is 13.0 Å². The summed E-state index contributed by atoms with van der Waals surface area (Å²) < 4.78 is 6.16. The van der Waals surface area contributed by atoms with Crippen molar-refractivity contribution in [2.45, 2.75) is 58.4 Å². The molecule has 2 rings (SSSR count). The molecule has 1 fully saturated rings. The molecule has 3 nitrogen and oxygen atoms in total. The first-order chi connectivity index (χ1) is 9.69. The van der Waals surface area contributed by atoms with Crippen LogP contribution in [0.3, 0.4) is 0 Å². The molecule has 114 valence electrons. The van der Waals surface area contributed by atoms with Crippen molar-refractivity contribution in [2.24, 2.45) is 0 Å². The fourth-order valence-electron chi connectivity index (χ4n) is 2.69. The highest BCUT2D eigenvalue weighted by molar-refractivity contribution is 7.09. The van der Waals surface area contributed by atoms with Crippen molar-refractivity contribution in [2.75, 3.05) is 19.6 Å². The van der Waals surface area contributed by atoms with Crippen molar-refractivity contribution in [3.8, 4) is 0 Å². The average Bonchev–Trinajstić information content (AvgIpc) is 3.07. The molecule has 1 aliphatic rings. The highest BCUT2D eigenvalue weighted by Gasteiger charge is 2.27. The highest BCUT2D eigenvalue weighted by Crippen LogP contribution is 2.22. The molecule has 0 bridgehead atoms. The fourth-order valence-corrected chi connectivity index (χ4v) is 3.42. The van der Waals surface area contributed by atoms with Gasteiger partial charge in [0.05, 0.1) is 12.2 Å². The monoisotopic (exact) mass is 296 g/mol. The predicted molar refractivity (Wildman–Crippen MR) is 86.3 cm³/mol. The molecule has 1 aromatic heterocycles. The Kier molecular flexibility index (Phi) is 6.49. The van der Waals surface area contributed by atoms with E-state index in [1.165, 1.54) is 17.7 Å². The minimum Gasteiger partial charge on any atom is -0.372 e. The summed E-state index contributed by atoms with van der Waals surface area (Å²) >= 11 is 1.85. The Morgan fingerprint density at radius 1 is 1.40 bits per heavy atom. The highest BCUT2D eigenvalue weighted by atomic mass is 32.1. The third-order valence-corrected chi connectivity index (χ3v) is 4.79. The molecule has 1 aromatic rings. The van der Waals surface area contributed by atoms with Gasteiger partial charge >= 0.3 is 0 Å². The average molecular weight is 296 g/mol. The summed E-state index contributed by atoms with van der Waals surface area (Å²) in [5.74, 6) is 0. The first-order valence-electron chi connectivity index (χ1n) is 7.81. The van der Waals surface area contributed by atoms with Gasteiger partial charge in [-0.3, -0.25) is 4.90 Å². The van der Waals surface area contributed by atoms with Gasteiger partial charge in [0.1, 0.15) is 0 Å². The summed E-state index contributed by atoms with van der Waals surface area (Å²) in [6, 6.07) is 4.93. The molecule has 0 aliphatic carbocycles. The third kappa shape index (κ3) is 4.85. The minimum absolute atomic E-state index is 0.404. The molecule has 4 heteroatoms. The lowest BCUT2D eigenvalue weighted by Crippen LogP contribution is -2.37. The zero-order valence-electron chi connectivity index (χ0n) is 13.0. The van der Waals surface area contributed by atoms with Crippen LogP contribution in [0.25, 0.3) is 0 Å². The Hall–Kier alpha value is -0.420. The summed E-state index contributed by atoms with van der Waals surface area (Å²) in [7, 11) is 0. The largest absolute Gasteiger partial charge is 0.372 e. The van der Waals surface area contributed by atoms with E-state index in [4.69, 9.17) is 4.74 Å². The first-order valence-corrected chi connectivity index (χ1v) is 8.69. The second-order valence-corrected chi connectivity index (χ2v) is 6.90. The van der Waals surface area contributed by atoms with Crippen molar-refractivity contribution in [1.29, 1.82) is 0 Å². The summed E-state index contributed by atoms with van der Waals surface area (Å²) in [4.78, 5) is 3.98. The Labute approximate surface area is 127 Å². The summed E-state index contributed by atoms with van der Waals surface area (Å²) in [6.07, 6.45) is 3.21. The third-order valence-electron chi connectivity index (χ3n) is 3.92. The molecule has 0 amide bonds. The Bertz CT molecular complexity index is 367. The zero-order chi connectivity index (χ0) is 14.4. The quantitative estimate of drug-likeness (QED) is 0.798. The predicted octanol–water partition coefficient (Wildman–Crippen LogP) is 3.12. The maximum atomic E-state index is 6.16. The van der Waals surface area contributed by atoms with E-state index in [0.717, 1.165) is 26.2 Å². The van der Waals surface area contributed by atoms with E-state index in [0.29, 0.717) is 18.2 Å². The van der Waals surface area contributed by atoms with Gasteiger partial charge in [0.15, 0.2) is 0 Å². The molecule has 0 radical (unpaired) electrons. The van der Waals surface area contributed by atoms with Gasteiger partial charge in [0, 0.05) is 30.6 Å². The number of nitrogens with zero attached hydrogens (tertiary/aromatic N) is 1. The van der Waals surface area contributed by atoms with Crippen LogP contribution in [0.1, 0.15) is 38.5 Å². The van der Waals surface area contributed by atoms with Crippen LogP contribution >= 0.6 is 11.3 Å². The fraction of sp³-hybridized carbons (Fsp3) is 0.750. The van der Waals surface area contributed by atoms with Crippen LogP contribution < -0.4 is 5.32 Å². The first kappa shape index (κ1) is 16.0. The smallest absolute Gasteiger partial charge is 0.0707 e. The zero-order valence-corrected chi connectivity index (χ0v) is 13.8. The van der Waals surface area contributed by atoms with Gasteiger partial charge in [-0.25, -0.2) is 0 Å². The van der Waals surface area contributed by atoms with Crippen LogP contribution in [0.5, 0.6) is 0 Å². The second kappa shape index (κ2) is 8.13. The molecule has 1 N–H and O–H groups in total. The molecular formula is C16H28N2OS. The van der Waals surface area contributed by atoms with E-state index in [2.05, 4.69) is 48.5 Å². The van der Waals surface area contributed by atoms with E-state index in [1.807, 2.05) is 11.3 Å². The van der Waals surface area contributed by atoms with Gasteiger partial charge in [0.25, 0.3) is 0 Å². The van der Waals surface area contributed by atoms with Crippen molar-refractivity contribution < 1.29 is 4.74 Å². The molecule has 0 saturated carbocycles. The molecule has 2 unspecified atom stereocenters. The van der Waals surface area contributed by atoms with Crippen LogP contribution in [0, 0.1) is 0 Å². The van der Waals surface area contributed by atoms with Crippen LogP contribution in [-0.4, -0.2) is 42.8 Å². The standard InChI is InChI=1S/C16H28N2OS/c1-4-17-10-14-7-8-15(19-14)11-18(13(2)3)12-16-6-5-9-20-16/h5-6,9,13-15,17H,4,7-8,10-12H2,1-3H3. The Morgan fingerprint density at radius 3 is 2.85 bits per heavy atom. The van der Waals surface area contributed by atoms with Crippen LogP contribution in [0.2, 0.25) is 0 Å².